The number of aromatic nitrogens is 3. The van der Waals surface area contributed by atoms with Crippen molar-refractivity contribution in [3.63, 3.8) is 0 Å². The average molecular weight is 349 g/mol. The van der Waals surface area contributed by atoms with Crippen molar-refractivity contribution in [1.29, 1.82) is 0 Å². The molecule has 10 heteroatoms. The van der Waals surface area contributed by atoms with Gasteiger partial charge >= 0.3 is 12.2 Å². The summed E-state index contributed by atoms with van der Waals surface area (Å²) < 4.78 is 45.1. The van der Waals surface area contributed by atoms with Crippen molar-refractivity contribution in [1.82, 2.24) is 25.4 Å². The van der Waals surface area contributed by atoms with E-state index in [-0.39, 0.29) is 26.2 Å². The van der Waals surface area contributed by atoms with E-state index in [0.29, 0.717) is 5.82 Å². The maximum atomic E-state index is 13.3. The number of nitrogens with zero attached hydrogens (tertiary/aromatic N) is 3. The quantitative estimate of drug-likeness (QED) is 0.877. The summed E-state index contributed by atoms with van der Waals surface area (Å²) in [4.78, 5) is 17.7. The van der Waals surface area contributed by atoms with Crippen LogP contribution in [0.2, 0.25) is 0 Å². The highest BCUT2D eigenvalue weighted by molar-refractivity contribution is 5.75. The number of hydrogen-bond donors (Lipinski definition) is 2. The van der Waals surface area contributed by atoms with Crippen LogP contribution >= 0.6 is 0 Å². The number of amides is 2. The molecular formula is C14H22F3N5O2. The molecule has 0 aromatic carbocycles. The second kappa shape index (κ2) is 6.96. The fourth-order valence-electron chi connectivity index (χ4n) is 2.54. The third-order valence-corrected chi connectivity index (χ3v) is 3.65. The lowest BCUT2D eigenvalue weighted by atomic mass is 9.88. The van der Waals surface area contributed by atoms with E-state index in [9.17, 15) is 18.0 Å². The van der Waals surface area contributed by atoms with Gasteiger partial charge in [0.2, 0.25) is 0 Å². The minimum atomic E-state index is -4.52. The number of aromatic amines is 1. The van der Waals surface area contributed by atoms with Crippen LogP contribution in [0.15, 0.2) is 6.33 Å². The minimum Gasteiger partial charge on any atom is -0.377 e. The zero-order valence-electron chi connectivity index (χ0n) is 13.9. The maximum absolute atomic E-state index is 13.3. The number of carbonyl (C=O) groups excluding carboxylic acids is 1. The first-order valence-corrected chi connectivity index (χ1v) is 7.65. The van der Waals surface area contributed by atoms with Crippen LogP contribution in [0.1, 0.15) is 39.1 Å². The van der Waals surface area contributed by atoms with Crippen LogP contribution in [0.4, 0.5) is 18.0 Å². The summed E-state index contributed by atoms with van der Waals surface area (Å²) in [5.41, 5.74) is -0.581. The molecule has 1 aromatic rings. The highest BCUT2D eigenvalue weighted by Gasteiger charge is 2.44. The Morgan fingerprint density at radius 2 is 2.21 bits per heavy atom. The maximum Gasteiger partial charge on any atom is 0.408 e. The largest absolute Gasteiger partial charge is 0.408 e. The molecule has 0 bridgehead atoms. The minimum absolute atomic E-state index is 0.151. The summed E-state index contributed by atoms with van der Waals surface area (Å²) in [5, 5.41) is 8.46. The predicted octanol–water partition coefficient (Wildman–Crippen LogP) is 2.25. The van der Waals surface area contributed by atoms with E-state index in [1.54, 1.807) is 20.8 Å². The molecule has 0 radical (unpaired) electrons. The van der Waals surface area contributed by atoms with Crippen molar-refractivity contribution in [3.05, 3.63) is 12.2 Å². The van der Waals surface area contributed by atoms with E-state index in [1.165, 1.54) is 11.2 Å². The van der Waals surface area contributed by atoms with Crippen molar-refractivity contribution in [2.45, 2.75) is 45.5 Å². The van der Waals surface area contributed by atoms with Crippen LogP contribution in [-0.4, -0.2) is 58.1 Å². The molecule has 7 nitrogen and oxygen atoms in total. The molecular weight excluding hydrogens is 327 g/mol. The Bertz CT molecular complexity index is 542. The predicted molar refractivity (Wildman–Crippen MR) is 79.1 cm³/mol. The van der Waals surface area contributed by atoms with Gasteiger partial charge in [0, 0.05) is 6.54 Å². The van der Waals surface area contributed by atoms with Gasteiger partial charge in [0.05, 0.1) is 13.2 Å². The second-order valence-corrected chi connectivity index (χ2v) is 6.96. The van der Waals surface area contributed by atoms with Crippen molar-refractivity contribution in [2.24, 2.45) is 5.41 Å². The van der Waals surface area contributed by atoms with E-state index < -0.39 is 29.7 Å². The molecule has 0 aliphatic carbocycles. The fraction of sp³-hybridized carbons (Fsp3) is 0.786. The second-order valence-electron chi connectivity index (χ2n) is 6.96. The first-order chi connectivity index (χ1) is 11.1. The van der Waals surface area contributed by atoms with Crippen molar-refractivity contribution < 1.29 is 22.7 Å². The summed E-state index contributed by atoms with van der Waals surface area (Å²) >= 11 is 0. The van der Waals surface area contributed by atoms with E-state index in [4.69, 9.17) is 4.74 Å². The van der Waals surface area contributed by atoms with E-state index >= 15 is 0 Å². The Morgan fingerprint density at radius 1 is 1.50 bits per heavy atom. The molecule has 2 atom stereocenters. The Kier molecular flexibility index (Phi) is 5.36. The van der Waals surface area contributed by atoms with Gasteiger partial charge in [-0.25, -0.2) is 9.78 Å². The van der Waals surface area contributed by atoms with Gasteiger partial charge in [0.15, 0.2) is 0 Å². The van der Waals surface area contributed by atoms with Gasteiger partial charge in [-0.15, -0.1) is 0 Å². The Labute approximate surface area is 138 Å². The van der Waals surface area contributed by atoms with Crippen molar-refractivity contribution >= 4 is 6.03 Å². The topological polar surface area (TPSA) is 83.1 Å². The lowest BCUT2D eigenvalue weighted by Gasteiger charge is -2.36. The summed E-state index contributed by atoms with van der Waals surface area (Å²) in [6.07, 6.45) is -3.45. The van der Waals surface area contributed by atoms with Crippen LogP contribution in [-0.2, 0) is 4.74 Å². The highest BCUT2D eigenvalue weighted by atomic mass is 19.4. The van der Waals surface area contributed by atoms with Crippen LogP contribution in [0.3, 0.4) is 0 Å². The van der Waals surface area contributed by atoms with Crippen LogP contribution < -0.4 is 5.32 Å². The standard InChI is InChI=1S/C14H22F3N5O2/c1-13(2,3)6-10(14(15,16)17)20-12(23)22-4-5-24-7-9(22)11-18-8-19-21-11/h8-10H,4-7H2,1-3H3,(H,20,23)(H,18,19,21)/t9-,10+/m0/s1. The summed E-state index contributed by atoms with van der Waals surface area (Å²) in [7, 11) is 0. The number of carbonyl (C=O) groups is 1. The number of morpholine rings is 1. The van der Waals surface area contributed by atoms with Crippen LogP contribution in [0.5, 0.6) is 0 Å². The lowest BCUT2D eigenvalue weighted by Crippen LogP contribution is -2.55. The number of hydrogen-bond acceptors (Lipinski definition) is 4. The number of alkyl halides is 3. The van der Waals surface area contributed by atoms with Gasteiger partial charge < -0.3 is 15.0 Å². The average Bonchev–Trinajstić information content (AvgIpc) is 2.98. The van der Waals surface area contributed by atoms with Gasteiger partial charge in [0.1, 0.15) is 24.2 Å². The van der Waals surface area contributed by atoms with Gasteiger partial charge in [-0.2, -0.15) is 18.3 Å². The molecule has 2 rings (SSSR count). The number of H-pyrrole nitrogens is 1. The summed E-state index contributed by atoms with van der Waals surface area (Å²) in [6.45, 7) is 5.68. The van der Waals surface area contributed by atoms with Crippen LogP contribution in [0.25, 0.3) is 0 Å². The van der Waals surface area contributed by atoms with Crippen molar-refractivity contribution in [2.75, 3.05) is 19.8 Å². The van der Waals surface area contributed by atoms with E-state index in [0.717, 1.165) is 0 Å². The van der Waals surface area contributed by atoms with Crippen LogP contribution in [0, 0.1) is 5.41 Å². The first kappa shape index (κ1) is 18.5. The molecule has 2 amide bonds. The summed E-state index contributed by atoms with van der Waals surface area (Å²) in [6, 6.07) is -3.29. The molecule has 24 heavy (non-hydrogen) atoms. The number of nitrogens with one attached hydrogen (secondary N) is 2. The molecule has 1 saturated heterocycles. The fourth-order valence-corrected chi connectivity index (χ4v) is 2.54. The zero-order chi connectivity index (χ0) is 18.0. The lowest BCUT2D eigenvalue weighted by molar-refractivity contribution is -0.160. The number of rotatable bonds is 3. The number of urea groups is 1. The molecule has 0 spiro atoms. The molecule has 1 aliphatic rings. The van der Waals surface area contributed by atoms with E-state index in [2.05, 4.69) is 20.5 Å². The normalized spacial score (nSPS) is 20.8. The number of ether oxygens (including phenoxy) is 1. The van der Waals surface area contributed by atoms with Crippen molar-refractivity contribution in [3.8, 4) is 0 Å². The third kappa shape index (κ3) is 4.83. The molecule has 0 unspecified atom stereocenters. The van der Waals surface area contributed by atoms with Gasteiger partial charge in [-0.05, 0) is 11.8 Å². The molecule has 2 N–H and O–H groups in total. The zero-order valence-corrected chi connectivity index (χ0v) is 13.9. The highest BCUT2D eigenvalue weighted by Crippen LogP contribution is 2.31. The Hall–Kier alpha value is -1.84. The van der Waals surface area contributed by atoms with E-state index in [1.807, 2.05) is 0 Å². The molecule has 2 heterocycles. The Morgan fingerprint density at radius 3 is 2.75 bits per heavy atom. The summed E-state index contributed by atoms with van der Waals surface area (Å²) in [5.74, 6) is 0.379. The SMILES string of the molecule is CC(C)(C)C[C@@H](NC(=O)N1CCOC[C@H]1c1ncn[nH]1)C(F)(F)F. The van der Waals surface area contributed by atoms with Gasteiger partial charge in [-0.3, -0.25) is 5.10 Å². The smallest absolute Gasteiger partial charge is 0.377 e. The molecule has 136 valence electrons. The first-order valence-electron chi connectivity index (χ1n) is 7.65. The molecule has 1 aromatic heterocycles. The number of halogens is 3. The van der Waals surface area contributed by atoms with Gasteiger partial charge in [0.25, 0.3) is 0 Å². The monoisotopic (exact) mass is 349 g/mol. The molecule has 1 aliphatic heterocycles. The molecule has 1 fully saturated rings. The third-order valence-electron chi connectivity index (χ3n) is 3.65. The molecule has 0 saturated carbocycles. The Balaban J connectivity index is 2.12. The van der Waals surface area contributed by atoms with Gasteiger partial charge in [-0.1, -0.05) is 20.8 Å².